The smallest absolute Gasteiger partial charge is 0.133 e. The molecule has 1 atom stereocenters. The molecule has 1 fully saturated rings. The molecule has 4 nitrogen and oxygen atoms in total. The predicted molar refractivity (Wildman–Crippen MR) is 93.3 cm³/mol. The fourth-order valence-electron chi connectivity index (χ4n) is 2.69. The Hall–Kier alpha value is -2.20. The molecule has 1 saturated heterocycles. The Balaban J connectivity index is 1.50. The molecule has 3 rings (SSSR count). The Kier molecular flexibility index (Phi) is 4.72. The van der Waals surface area contributed by atoms with E-state index in [0.717, 1.165) is 30.2 Å². The van der Waals surface area contributed by atoms with Crippen LogP contribution in [0.3, 0.4) is 0 Å². The maximum atomic E-state index is 5.98. The molecule has 1 heterocycles. The van der Waals surface area contributed by atoms with Gasteiger partial charge in [-0.2, -0.15) is 0 Å². The summed E-state index contributed by atoms with van der Waals surface area (Å²) in [5.41, 5.74) is 8.27. The SMILES string of the molecule is CCOc1ccc(OC2CN(c3ccc(C(C)N)cc3)C2)cc1. The standard InChI is InChI=1S/C19H24N2O2/c1-3-22-17-8-10-18(11-9-17)23-19-12-21(13-19)16-6-4-15(5-7-16)14(2)20/h4-11,14,19H,3,12-13,20H2,1-2H3. The van der Waals surface area contributed by atoms with Gasteiger partial charge in [0.05, 0.1) is 19.7 Å². The van der Waals surface area contributed by atoms with Gasteiger partial charge in [0.25, 0.3) is 0 Å². The molecule has 2 aromatic rings. The zero-order valence-electron chi connectivity index (χ0n) is 13.7. The number of hydrogen-bond donors (Lipinski definition) is 1. The zero-order chi connectivity index (χ0) is 16.2. The summed E-state index contributed by atoms with van der Waals surface area (Å²) in [6.45, 7) is 6.47. The van der Waals surface area contributed by atoms with Crippen molar-refractivity contribution < 1.29 is 9.47 Å². The Bertz CT molecular complexity index is 617. The fourth-order valence-corrected chi connectivity index (χ4v) is 2.69. The third kappa shape index (κ3) is 3.77. The predicted octanol–water partition coefficient (Wildman–Crippen LogP) is 3.37. The van der Waals surface area contributed by atoms with E-state index in [4.69, 9.17) is 15.2 Å². The molecule has 2 aromatic carbocycles. The largest absolute Gasteiger partial charge is 0.494 e. The Morgan fingerprint density at radius 2 is 1.65 bits per heavy atom. The van der Waals surface area contributed by atoms with Crippen LogP contribution in [0.5, 0.6) is 11.5 Å². The second-order valence-electron chi connectivity index (χ2n) is 5.93. The van der Waals surface area contributed by atoms with Gasteiger partial charge in [0.1, 0.15) is 17.6 Å². The highest BCUT2D eigenvalue weighted by molar-refractivity contribution is 5.50. The summed E-state index contributed by atoms with van der Waals surface area (Å²) in [5, 5.41) is 0. The van der Waals surface area contributed by atoms with Gasteiger partial charge in [0, 0.05) is 11.7 Å². The van der Waals surface area contributed by atoms with Crippen molar-refractivity contribution in [3.8, 4) is 11.5 Å². The first-order valence-electron chi connectivity index (χ1n) is 8.15. The second kappa shape index (κ2) is 6.92. The molecule has 122 valence electrons. The Morgan fingerprint density at radius 1 is 1.04 bits per heavy atom. The van der Waals surface area contributed by atoms with Crippen molar-refractivity contribution in [3.63, 3.8) is 0 Å². The summed E-state index contributed by atoms with van der Waals surface area (Å²) in [5.74, 6) is 1.77. The van der Waals surface area contributed by atoms with Crippen molar-refractivity contribution in [3.05, 3.63) is 54.1 Å². The van der Waals surface area contributed by atoms with E-state index < -0.39 is 0 Å². The lowest BCUT2D eigenvalue weighted by atomic mass is 10.1. The van der Waals surface area contributed by atoms with Gasteiger partial charge < -0.3 is 20.1 Å². The van der Waals surface area contributed by atoms with Crippen molar-refractivity contribution >= 4 is 5.69 Å². The molecule has 2 N–H and O–H groups in total. The summed E-state index contributed by atoms with van der Waals surface area (Å²) in [7, 11) is 0. The summed E-state index contributed by atoms with van der Waals surface area (Å²) in [4.78, 5) is 2.31. The van der Waals surface area contributed by atoms with Crippen LogP contribution in [-0.2, 0) is 0 Å². The Labute approximate surface area is 137 Å². The average Bonchev–Trinajstić information content (AvgIpc) is 2.52. The van der Waals surface area contributed by atoms with E-state index in [0.29, 0.717) is 6.61 Å². The van der Waals surface area contributed by atoms with Crippen molar-refractivity contribution in [2.45, 2.75) is 26.0 Å². The van der Waals surface area contributed by atoms with Crippen LogP contribution >= 0.6 is 0 Å². The number of nitrogens with zero attached hydrogens (tertiary/aromatic N) is 1. The molecule has 0 spiro atoms. The van der Waals surface area contributed by atoms with Crippen molar-refractivity contribution in [2.24, 2.45) is 5.73 Å². The molecule has 4 heteroatoms. The van der Waals surface area contributed by atoms with Gasteiger partial charge in [0.2, 0.25) is 0 Å². The molecule has 0 saturated carbocycles. The number of ether oxygens (including phenoxy) is 2. The number of nitrogens with two attached hydrogens (primary N) is 1. The maximum Gasteiger partial charge on any atom is 0.133 e. The van der Waals surface area contributed by atoms with Crippen LogP contribution in [0.4, 0.5) is 5.69 Å². The monoisotopic (exact) mass is 312 g/mol. The molecule has 23 heavy (non-hydrogen) atoms. The van der Waals surface area contributed by atoms with E-state index in [1.54, 1.807) is 0 Å². The van der Waals surface area contributed by atoms with Gasteiger partial charge in [0.15, 0.2) is 0 Å². The first-order chi connectivity index (χ1) is 11.2. The highest BCUT2D eigenvalue weighted by Gasteiger charge is 2.28. The lowest BCUT2D eigenvalue weighted by Crippen LogP contribution is -2.54. The first kappa shape index (κ1) is 15.7. The first-order valence-corrected chi connectivity index (χ1v) is 8.15. The summed E-state index contributed by atoms with van der Waals surface area (Å²) < 4.78 is 11.4. The summed E-state index contributed by atoms with van der Waals surface area (Å²) in [6.07, 6.45) is 0.237. The second-order valence-corrected chi connectivity index (χ2v) is 5.93. The third-order valence-corrected chi connectivity index (χ3v) is 4.07. The number of hydrogen-bond acceptors (Lipinski definition) is 4. The number of anilines is 1. The van der Waals surface area contributed by atoms with Gasteiger partial charge in [-0.25, -0.2) is 0 Å². The molecule has 1 unspecified atom stereocenters. The molecule has 0 amide bonds. The minimum absolute atomic E-state index is 0.0798. The molecule has 1 aliphatic heterocycles. The maximum absolute atomic E-state index is 5.98. The molecule has 0 bridgehead atoms. The minimum atomic E-state index is 0.0798. The van der Waals surface area contributed by atoms with Gasteiger partial charge in [-0.05, 0) is 55.8 Å². The molecule has 0 aromatic heterocycles. The van der Waals surface area contributed by atoms with Crippen molar-refractivity contribution in [2.75, 3.05) is 24.6 Å². The van der Waals surface area contributed by atoms with Gasteiger partial charge in [-0.1, -0.05) is 12.1 Å². The van der Waals surface area contributed by atoms with E-state index in [-0.39, 0.29) is 12.1 Å². The lowest BCUT2D eigenvalue weighted by Gasteiger charge is -2.40. The Morgan fingerprint density at radius 3 is 2.22 bits per heavy atom. The molecular formula is C19H24N2O2. The van der Waals surface area contributed by atoms with Crippen LogP contribution < -0.4 is 20.1 Å². The highest BCUT2D eigenvalue weighted by Crippen LogP contribution is 2.26. The molecule has 0 aliphatic carbocycles. The molecule has 1 aliphatic rings. The minimum Gasteiger partial charge on any atom is -0.494 e. The van der Waals surface area contributed by atoms with Crippen LogP contribution in [0.2, 0.25) is 0 Å². The topological polar surface area (TPSA) is 47.7 Å². The average molecular weight is 312 g/mol. The molecule has 0 radical (unpaired) electrons. The summed E-state index contributed by atoms with van der Waals surface area (Å²) >= 11 is 0. The van der Waals surface area contributed by atoms with Gasteiger partial charge in [-0.3, -0.25) is 0 Å². The number of rotatable bonds is 6. The summed E-state index contributed by atoms with van der Waals surface area (Å²) in [6, 6.07) is 16.4. The van der Waals surface area contributed by atoms with Crippen LogP contribution in [0, 0.1) is 0 Å². The van der Waals surface area contributed by atoms with E-state index in [1.165, 1.54) is 5.69 Å². The fraction of sp³-hybridized carbons (Fsp3) is 0.368. The quantitative estimate of drug-likeness (QED) is 0.888. The van der Waals surface area contributed by atoms with Crippen LogP contribution in [0.25, 0.3) is 0 Å². The lowest BCUT2D eigenvalue weighted by molar-refractivity contribution is 0.167. The van der Waals surface area contributed by atoms with E-state index >= 15 is 0 Å². The van der Waals surface area contributed by atoms with Crippen molar-refractivity contribution in [1.82, 2.24) is 0 Å². The van der Waals surface area contributed by atoms with E-state index in [2.05, 4.69) is 29.2 Å². The normalized spacial score (nSPS) is 15.9. The third-order valence-electron chi connectivity index (χ3n) is 4.07. The van der Waals surface area contributed by atoms with E-state index in [1.807, 2.05) is 38.1 Å². The zero-order valence-corrected chi connectivity index (χ0v) is 13.7. The van der Waals surface area contributed by atoms with Crippen LogP contribution in [0.15, 0.2) is 48.5 Å². The van der Waals surface area contributed by atoms with Crippen molar-refractivity contribution in [1.29, 1.82) is 0 Å². The highest BCUT2D eigenvalue weighted by atomic mass is 16.5. The van der Waals surface area contributed by atoms with Gasteiger partial charge in [-0.15, -0.1) is 0 Å². The number of benzene rings is 2. The van der Waals surface area contributed by atoms with Gasteiger partial charge >= 0.3 is 0 Å². The molecular weight excluding hydrogens is 288 g/mol. The van der Waals surface area contributed by atoms with E-state index in [9.17, 15) is 0 Å². The van der Waals surface area contributed by atoms with Crippen LogP contribution in [-0.4, -0.2) is 25.8 Å². The van der Waals surface area contributed by atoms with Crippen LogP contribution in [0.1, 0.15) is 25.5 Å².